The molecule has 108 valence electrons. The van der Waals surface area contributed by atoms with Gasteiger partial charge >= 0.3 is 0 Å². The standard InChI is InChI=1S/C15H20ClN3O/c1-15(2,20)11-5-3-10(4-6-11)14-18-9-12-13(16)17-7-8-19(12)14/h7-11,20H,3-6H2,1-2H3/t10-,11-. The minimum Gasteiger partial charge on any atom is -0.390 e. The largest absolute Gasteiger partial charge is 0.390 e. The van der Waals surface area contributed by atoms with Gasteiger partial charge in [0.2, 0.25) is 0 Å². The molecule has 1 N–H and O–H groups in total. The Hall–Kier alpha value is -1.13. The second-order valence-electron chi connectivity index (χ2n) is 6.29. The van der Waals surface area contributed by atoms with E-state index in [1.54, 1.807) is 12.4 Å². The highest BCUT2D eigenvalue weighted by atomic mass is 35.5. The van der Waals surface area contributed by atoms with E-state index in [0.717, 1.165) is 37.0 Å². The first-order chi connectivity index (χ1) is 9.47. The molecule has 2 heterocycles. The topological polar surface area (TPSA) is 50.4 Å². The Kier molecular flexibility index (Phi) is 3.46. The number of imidazole rings is 1. The van der Waals surface area contributed by atoms with Gasteiger partial charge in [-0.25, -0.2) is 9.97 Å². The Balaban J connectivity index is 1.82. The lowest BCUT2D eigenvalue weighted by Crippen LogP contribution is -2.33. The molecule has 0 radical (unpaired) electrons. The van der Waals surface area contributed by atoms with Gasteiger partial charge in [-0.1, -0.05) is 11.6 Å². The predicted molar refractivity (Wildman–Crippen MR) is 79.0 cm³/mol. The van der Waals surface area contributed by atoms with Crippen LogP contribution in [0.3, 0.4) is 0 Å². The van der Waals surface area contributed by atoms with Gasteiger partial charge < -0.3 is 5.11 Å². The number of aromatic nitrogens is 3. The average Bonchev–Trinajstić information content (AvgIpc) is 2.83. The molecule has 1 fully saturated rings. The van der Waals surface area contributed by atoms with Gasteiger partial charge in [0.1, 0.15) is 11.3 Å². The highest BCUT2D eigenvalue weighted by molar-refractivity contribution is 6.32. The smallest absolute Gasteiger partial charge is 0.154 e. The minimum atomic E-state index is -0.577. The maximum atomic E-state index is 10.1. The quantitative estimate of drug-likeness (QED) is 0.923. The van der Waals surface area contributed by atoms with Crippen molar-refractivity contribution < 1.29 is 5.11 Å². The van der Waals surface area contributed by atoms with E-state index in [0.29, 0.717) is 17.0 Å². The summed E-state index contributed by atoms with van der Waals surface area (Å²) >= 11 is 6.09. The van der Waals surface area contributed by atoms with Crippen LogP contribution in [0.5, 0.6) is 0 Å². The molecule has 1 aliphatic carbocycles. The number of halogens is 1. The lowest BCUT2D eigenvalue weighted by Gasteiger charge is -2.35. The lowest BCUT2D eigenvalue weighted by atomic mass is 9.74. The lowest BCUT2D eigenvalue weighted by molar-refractivity contribution is -0.00192. The number of hydrogen-bond acceptors (Lipinski definition) is 3. The van der Waals surface area contributed by atoms with Crippen LogP contribution < -0.4 is 0 Å². The molecule has 0 bridgehead atoms. The molecule has 2 aromatic heterocycles. The van der Waals surface area contributed by atoms with Crippen LogP contribution in [0, 0.1) is 5.92 Å². The summed E-state index contributed by atoms with van der Waals surface area (Å²) in [5, 5.41) is 10.6. The number of fused-ring (bicyclic) bond motifs is 1. The molecule has 20 heavy (non-hydrogen) atoms. The van der Waals surface area contributed by atoms with Crippen LogP contribution in [0.15, 0.2) is 18.6 Å². The van der Waals surface area contributed by atoms with E-state index in [2.05, 4.69) is 9.97 Å². The summed E-state index contributed by atoms with van der Waals surface area (Å²) in [5.41, 5.74) is 0.293. The van der Waals surface area contributed by atoms with Gasteiger partial charge in [-0.3, -0.25) is 4.40 Å². The molecule has 0 spiro atoms. The summed E-state index contributed by atoms with van der Waals surface area (Å²) in [6.07, 6.45) is 9.65. The van der Waals surface area contributed by atoms with Crippen molar-refractivity contribution in [3.8, 4) is 0 Å². The van der Waals surface area contributed by atoms with E-state index in [1.807, 2.05) is 24.4 Å². The van der Waals surface area contributed by atoms with Crippen LogP contribution in [-0.4, -0.2) is 25.1 Å². The monoisotopic (exact) mass is 293 g/mol. The summed E-state index contributed by atoms with van der Waals surface area (Å²) in [7, 11) is 0. The van der Waals surface area contributed by atoms with E-state index >= 15 is 0 Å². The van der Waals surface area contributed by atoms with Gasteiger partial charge in [0.25, 0.3) is 0 Å². The van der Waals surface area contributed by atoms with E-state index in [-0.39, 0.29) is 0 Å². The van der Waals surface area contributed by atoms with Crippen molar-refractivity contribution in [1.29, 1.82) is 0 Å². The highest BCUT2D eigenvalue weighted by Crippen LogP contribution is 2.39. The normalized spacial score (nSPS) is 24.2. The van der Waals surface area contributed by atoms with Crippen molar-refractivity contribution in [2.24, 2.45) is 5.92 Å². The molecule has 1 aliphatic rings. The number of hydrogen-bond donors (Lipinski definition) is 1. The van der Waals surface area contributed by atoms with Crippen molar-refractivity contribution in [3.05, 3.63) is 29.6 Å². The third kappa shape index (κ3) is 2.42. The zero-order chi connectivity index (χ0) is 14.3. The molecule has 0 amide bonds. The fourth-order valence-electron chi connectivity index (χ4n) is 3.28. The average molecular weight is 294 g/mol. The van der Waals surface area contributed by atoms with Crippen molar-refractivity contribution in [1.82, 2.24) is 14.4 Å². The second kappa shape index (κ2) is 5.01. The Labute approximate surface area is 123 Å². The molecular formula is C15H20ClN3O. The molecule has 3 rings (SSSR count). The summed E-state index contributed by atoms with van der Waals surface area (Å²) in [5.74, 6) is 1.89. The Morgan fingerprint density at radius 3 is 2.60 bits per heavy atom. The zero-order valence-electron chi connectivity index (χ0n) is 11.9. The van der Waals surface area contributed by atoms with Crippen LogP contribution in [-0.2, 0) is 0 Å². The van der Waals surface area contributed by atoms with Gasteiger partial charge in [-0.2, -0.15) is 0 Å². The Morgan fingerprint density at radius 2 is 1.95 bits per heavy atom. The summed E-state index contributed by atoms with van der Waals surface area (Å²) in [6, 6.07) is 0. The molecule has 0 unspecified atom stereocenters. The third-order valence-electron chi connectivity index (χ3n) is 4.53. The van der Waals surface area contributed by atoms with Crippen molar-refractivity contribution in [2.75, 3.05) is 0 Å². The van der Waals surface area contributed by atoms with E-state index in [9.17, 15) is 5.11 Å². The molecule has 0 aromatic carbocycles. The predicted octanol–water partition coefficient (Wildman–Crippen LogP) is 3.43. The van der Waals surface area contributed by atoms with Crippen LogP contribution >= 0.6 is 11.6 Å². The van der Waals surface area contributed by atoms with Gasteiger partial charge in [0.05, 0.1) is 11.8 Å². The first-order valence-electron chi connectivity index (χ1n) is 7.16. The number of aliphatic hydroxyl groups is 1. The van der Waals surface area contributed by atoms with Crippen LogP contribution in [0.1, 0.15) is 51.3 Å². The van der Waals surface area contributed by atoms with E-state index < -0.39 is 5.60 Å². The second-order valence-corrected chi connectivity index (χ2v) is 6.65. The molecule has 1 saturated carbocycles. The molecule has 0 atom stereocenters. The maximum Gasteiger partial charge on any atom is 0.154 e. The van der Waals surface area contributed by atoms with Gasteiger partial charge in [-0.15, -0.1) is 0 Å². The molecule has 0 saturated heterocycles. The zero-order valence-corrected chi connectivity index (χ0v) is 12.6. The summed E-state index contributed by atoms with van der Waals surface area (Å²) in [4.78, 5) is 8.62. The van der Waals surface area contributed by atoms with Crippen molar-refractivity contribution in [2.45, 2.75) is 51.0 Å². The van der Waals surface area contributed by atoms with Crippen molar-refractivity contribution in [3.63, 3.8) is 0 Å². The van der Waals surface area contributed by atoms with Gasteiger partial charge in [0, 0.05) is 18.3 Å². The van der Waals surface area contributed by atoms with E-state index in [1.165, 1.54) is 0 Å². The first-order valence-corrected chi connectivity index (χ1v) is 7.54. The Morgan fingerprint density at radius 1 is 1.25 bits per heavy atom. The molecule has 5 heteroatoms. The van der Waals surface area contributed by atoms with Crippen LogP contribution in [0.25, 0.3) is 5.52 Å². The highest BCUT2D eigenvalue weighted by Gasteiger charge is 2.33. The fraction of sp³-hybridized carbons (Fsp3) is 0.600. The molecule has 0 aliphatic heterocycles. The van der Waals surface area contributed by atoms with Crippen LogP contribution in [0.2, 0.25) is 5.15 Å². The van der Waals surface area contributed by atoms with E-state index in [4.69, 9.17) is 11.6 Å². The molecule has 4 nitrogen and oxygen atoms in total. The van der Waals surface area contributed by atoms with Gasteiger partial charge in [0.15, 0.2) is 5.15 Å². The van der Waals surface area contributed by atoms with Crippen molar-refractivity contribution >= 4 is 17.1 Å². The minimum absolute atomic E-state index is 0.384. The molecule has 2 aromatic rings. The summed E-state index contributed by atoms with van der Waals surface area (Å²) < 4.78 is 2.05. The number of nitrogens with zero attached hydrogens (tertiary/aromatic N) is 3. The van der Waals surface area contributed by atoms with Gasteiger partial charge in [-0.05, 0) is 45.4 Å². The van der Waals surface area contributed by atoms with Crippen LogP contribution in [0.4, 0.5) is 0 Å². The SMILES string of the molecule is CC(C)(O)[C@H]1CC[C@H](c2ncc3c(Cl)nccn32)CC1. The summed E-state index contributed by atoms with van der Waals surface area (Å²) in [6.45, 7) is 3.82. The first kappa shape index (κ1) is 13.8. The Bertz CT molecular complexity index is 609. The third-order valence-corrected chi connectivity index (χ3v) is 4.82. The maximum absolute atomic E-state index is 10.1. The number of rotatable bonds is 2. The fourth-order valence-corrected chi connectivity index (χ4v) is 3.47. The molecular weight excluding hydrogens is 274 g/mol.